The molecule has 2 saturated heterocycles. The number of piperazine rings is 1. The van der Waals surface area contributed by atoms with Crippen molar-refractivity contribution in [3.63, 3.8) is 0 Å². The summed E-state index contributed by atoms with van der Waals surface area (Å²) in [5.74, 6) is 0.652. The van der Waals surface area contributed by atoms with Crippen molar-refractivity contribution in [2.75, 3.05) is 42.7 Å². The molecule has 0 radical (unpaired) electrons. The van der Waals surface area contributed by atoms with Crippen molar-refractivity contribution in [3.05, 3.63) is 41.7 Å². The van der Waals surface area contributed by atoms with E-state index in [0.29, 0.717) is 45.4 Å². The van der Waals surface area contributed by atoms with E-state index >= 15 is 0 Å². The van der Waals surface area contributed by atoms with Crippen LogP contribution in [0.4, 0.5) is 23.1 Å². The molecule has 12 nitrogen and oxygen atoms in total. The number of nitrogens with two attached hydrogens (primary N) is 1. The second-order valence-electron chi connectivity index (χ2n) is 9.43. The number of likely N-dealkylation sites (tertiary alicyclic amines) is 1. The zero-order valence-corrected chi connectivity index (χ0v) is 21.4. The first-order valence-corrected chi connectivity index (χ1v) is 12.3. The monoisotopic (exact) mass is 519 g/mol. The Labute approximate surface area is 217 Å². The second-order valence-corrected chi connectivity index (χ2v) is 9.84. The van der Waals surface area contributed by atoms with Gasteiger partial charge in [0, 0.05) is 45.5 Å². The van der Waals surface area contributed by atoms with Crippen molar-refractivity contribution in [2.45, 2.75) is 18.5 Å². The number of hydrogen-bond acceptors (Lipinski definition) is 10. The maximum atomic E-state index is 12.4. The van der Waals surface area contributed by atoms with Gasteiger partial charge in [-0.3, -0.25) is 14.7 Å². The van der Waals surface area contributed by atoms with Crippen LogP contribution in [0.5, 0.6) is 0 Å². The van der Waals surface area contributed by atoms with Crippen LogP contribution < -0.4 is 21.3 Å². The van der Waals surface area contributed by atoms with Crippen molar-refractivity contribution >= 4 is 51.7 Å². The minimum Gasteiger partial charge on any atom is -0.371 e. The maximum Gasteiger partial charge on any atom is 0.271 e. The summed E-state index contributed by atoms with van der Waals surface area (Å²) >= 11 is 6.66. The van der Waals surface area contributed by atoms with E-state index in [4.69, 9.17) is 17.3 Å². The van der Waals surface area contributed by atoms with Gasteiger partial charge in [-0.15, -0.1) is 0 Å². The molecule has 0 aliphatic carbocycles. The molecule has 6 heterocycles. The summed E-state index contributed by atoms with van der Waals surface area (Å²) in [5, 5.41) is 6.70. The van der Waals surface area contributed by atoms with Crippen LogP contribution in [-0.2, 0) is 7.05 Å². The summed E-state index contributed by atoms with van der Waals surface area (Å²) in [6, 6.07) is 2.71. The Balaban J connectivity index is 1.35. The molecule has 1 amide bonds. The highest BCUT2D eigenvalue weighted by Gasteiger charge is 2.42. The molecule has 2 bridgehead atoms. The highest BCUT2D eigenvalue weighted by molar-refractivity contribution is 6.33. The van der Waals surface area contributed by atoms with Crippen molar-refractivity contribution in [2.24, 2.45) is 12.8 Å². The number of primary amides is 1. The van der Waals surface area contributed by atoms with E-state index in [1.165, 1.54) is 0 Å². The highest BCUT2D eigenvalue weighted by Crippen LogP contribution is 2.37. The lowest BCUT2D eigenvalue weighted by atomic mass is 10.1. The summed E-state index contributed by atoms with van der Waals surface area (Å²) in [6.45, 7) is 1.91. The van der Waals surface area contributed by atoms with Gasteiger partial charge in [0.1, 0.15) is 17.0 Å². The van der Waals surface area contributed by atoms with Gasteiger partial charge >= 0.3 is 0 Å². The number of anilines is 4. The van der Waals surface area contributed by atoms with E-state index in [9.17, 15) is 4.79 Å². The van der Waals surface area contributed by atoms with E-state index in [0.717, 1.165) is 30.8 Å². The van der Waals surface area contributed by atoms with Crippen LogP contribution in [0.15, 0.2) is 31.0 Å². The first-order chi connectivity index (χ1) is 17.8. The predicted molar refractivity (Wildman–Crippen MR) is 142 cm³/mol. The fourth-order valence-electron chi connectivity index (χ4n) is 5.25. The average Bonchev–Trinajstić information content (AvgIpc) is 3.57. The molecular formula is C24H26ClN11O. The number of pyridine rings is 2. The molecule has 0 saturated carbocycles. The molecule has 6 rings (SSSR count). The molecule has 4 N–H and O–H groups in total. The number of rotatable bonds is 6. The zero-order valence-electron chi connectivity index (χ0n) is 20.6. The third kappa shape index (κ3) is 3.89. The van der Waals surface area contributed by atoms with Crippen LogP contribution in [0, 0.1) is 0 Å². The summed E-state index contributed by atoms with van der Waals surface area (Å²) < 4.78 is 1.86. The second kappa shape index (κ2) is 8.82. The van der Waals surface area contributed by atoms with Gasteiger partial charge in [-0.1, -0.05) is 11.6 Å². The minimum absolute atomic E-state index is 0.0259. The van der Waals surface area contributed by atoms with E-state index in [2.05, 4.69) is 52.4 Å². The number of halogens is 1. The molecule has 190 valence electrons. The van der Waals surface area contributed by atoms with E-state index in [1.54, 1.807) is 38.0 Å². The smallest absolute Gasteiger partial charge is 0.271 e. The SMILES string of the molecule is CNc1nc(Nc2cnc(N3C[C@H]4C[C@@H]3CN4C)c(Cl)c2)c(C(N)=O)nc1-c1cncc2c1ncn2C. The van der Waals surface area contributed by atoms with Crippen molar-refractivity contribution < 1.29 is 4.79 Å². The van der Waals surface area contributed by atoms with Crippen molar-refractivity contribution in [1.82, 2.24) is 34.4 Å². The number of nitrogens with one attached hydrogen (secondary N) is 2. The van der Waals surface area contributed by atoms with Gasteiger partial charge < -0.3 is 25.8 Å². The molecule has 0 spiro atoms. The highest BCUT2D eigenvalue weighted by atomic mass is 35.5. The van der Waals surface area contributed by atoms with Crippen molar-refractivity contribution in [1.29, 1.82) is 0 Å². The molecule has 4 aromatic rings. The predicted octanol–water partition coefficient (Wildman–Crippen LogP) is 2.25. The van der Waals surface area contributed by atoms with Crippen LogP contribution in [0.25, 0.3) is 22.3 Å². The van der Waals surface area contributed by atoms with Crippen molar-refractivity contribution in [3.8, 4) is 11.3 Å². The molecule has 0 aromatic carbocycles. The standard InChI is InChI=1S/C24H26ClN11O/c1-27-22-19(15-7-28-8-17-18(15)30-11-35(17)3)32-20(21(26)37)23(33-22)31-12-4-16(25)24(29-6-12)36-10-13-5-14(36)9-34(13)2/h4,6-8,11,13-14H,5,9-10H2,1-3H3,(H2,26,37)(H2,27,31,33)/t13-,14-/m1/s1. The van der Waals surface area contributed by atoms with Gasteiger partial charge in [-0.25, -0.2) is 19.9 Å². The van der Waals surface area contributed by atoms with Crippen LogP contribution in [0.1, 0.15) is 16.9 Å². The van der Waals surface area contributed by atoms with E-state index < -0.39 is 5.91 Å². The van der Waals surface area contributed by atoms with E-state index in [1.807, 2.05) is 11.6 Å². The Kier molecular flexibility index (Phi) is 5.57. The Morgan fingerprint density at radius 2 is 1.95 bits per heavy atom. The van der Waals surface area contributed by atoms with Gasteiger partial charge in [0.05, 0.1) is 40.5 Å². The van der Waals surface area contributed by atoms with E-state index in [-0.39, 0.29) is 11.5 Å². The van der Waals surface area contributed by atoms with Gasteiger partial charge in [-0.2, -0.15) is 0 Å². The topological polar surface area (TPSA) is 143 Å². The van der Waals surface area contributed by atoms with Gasteiger partial charge in [0.2, 0.25) is 0 Å². The van der Waals surface area contributed by atoms with Gasteiger partial charge in [0.15, 0.2) is 17.3 Å². The third-order valence-electron chi connectivity index (χ3n) is 7.13. The number of carbonyl (C=O) groups excluding carboxylic acids is 1. The number of likely N-dealkylation sites (N-methyl/N-ethyl adjacent to an activating group) is 1. The number of fused-ring (bicyclic) bond motifs is 3. The fraction of sp³-hybridized carbons (Fsp3) is 0.333. The minimum atomic E-state index is -0.729. The quantitative estimate of drug-likeness (QED) is 0.347. The molecule has 37 heavy (non-hydrogen) atoms. The molecule has 13 heteroatoms. The van der Waals surface area contributed by atoms with Gasteiger partial charge in [0.25, 0.3) is 5.91 Å². The number of carbonyl (C=O) groups is 1. The lowest BCUT2D eigenvalue weighted by molar-refractivity contribution is 0.0996. The van der Waals surface area contributed by atoms with Crippen LogP contribution >= 0.6 is 11.6 Å². The largest absolute Gasteiger partial charge is 0.371 e. The Morgan fingerprint density at radius 1 is 1.11 bits per heavy atom. The zero-order chi connectivity index (χ0) is 25.8. The first kappa shape index (κ1) is 23.4. The van der Waals surface area contributed by atoms with Crippen LogP contribution in [0.3, 0.4) is 0 Å². The molecule has 2 atom stereocenters. The molecule has 4 aromatic heterocycles. The maximum absolute atomic E-state index is 12.4. The summed E-state index contributed by atoms with van der Waals surface area (Å²) in [7, 11) is 5.76. The number of amides is 1. The Morgan fingerprint density at radius 3 is 2.62 bits per heavy atom. The molecule has 0 unspecified atom stereocenters. The first-order valence-electron chi connectivity index (χ1n) is 11.9. The van der Waals surface area contributed by atoms with Crippen LogP contribution in [-0.4, -0.2) is 79.6 Å². The molecular weight excluding hydrogens is 494 g/mol. The average molecular weight is 520 g/mol. The molecule has 2 aliphatic rings. The van der Waals surface area contributed by atoms with Crippen LogP contribution in [0.2, 0.25) is 5.02 Å². The normalized spacial score (nSPS) is 19.1. The summed E-state index contributed by atoms with van der Waals surface area (Å²) in [6.07, 6.45) is 7.85. The molecule has 2 aliphatic heterocycles. The Hall–Kier alpha value is -4.03. The lowest BCUT2D eigenvalue weighted by Gasteiger charge is -2.33. The summed E-state index contributed by atoms with van der Waals surface area (Å²) in [5.41, 5.74) is 8.81. The summed E-state index contributed by atoms with van der Waals surface area (Å²) in [4.78, 5) is 39.7. The lowest BCUT2D eigenvalue weighted by Crippen LogP contribution is -2.45. The number of hydrogen-bond donors (Lipinski definition) is 3. The fourth-order valence-corrected chi connectivity index (χ4v) is 5.52. The third-order valence-corrected chi connectivity index (χ3v) is 7.41. The number of imidazole rings is 1. The van der Waals surface area contributed by atoms with Gasteiger partial charge in [-0.05, 0) is 19.5 Å². The number of aryl methyl sites for hydroxylation is 1. The number of aromatic nitrogens is 6. The Bertz CT molecular complexity index is 1530. The number of nitrogens with zero attached hydrogens (tertiary/aromatic N) is 8. The molecule has 2 fully saturated rings.